The molecule has 0 atom stereocenters. The molecule has 0 amide bonds. The van der Waals surface area contributed by atoms with Crippen LogP contribution in [0.2, 0.25) is 0 Å². The summed E-state index contributed by atoms with van der Waals surface area (Å²) < 4.78 is 24.2. The van der Waals surface area contributed by atoms with Gasteiger partial charge in [-0.3, -0.25) is 4.68 Å². The molecule has 6 heteroatoms. The number of aromatic nitrogens is 2. The second-order valence-corrected chi connectivity index (χ2v) is 8.27. The zero-order valence-corrected chi connectivity index (χ0v) is 21.5. The average Bonchev–Trinajstić information content (AvgIpc) is 3.30. The summed E-state index contributed by atoms with van der Waals surface area (Å²) in [5.41, 5.74) is 7.28. The van der Waals surface area contributed by atoms with Crippen LogP contribution in [0.4, 0.5) is 0 Å². The van der Waals surface area contributed by atoms with Crippen molar-refractivity contribution in [2.75, 3.05) is 28.4 Å². The molecule has 186 valence electrons. The quantitative estimate of drug-likeness (QED) is 0.257. The topological polar surface area (TPSA) is 54.7 Å². The summed E-state index contributed by atoms with van der Waals surface area (Å²) in [6.45, 7) is 6.62. The minimum atomic E-state index is 0.612. The molecule has 0 N–H and O–H groups in total. The van der Waals surface area contributed by atoms with Crippen molar-refractivity contribution in [1.29, 1.82) is 0 Å². The minimum absolute atomic E-state index is 0.612. The number of nitrogens with zero attached hydrogens (tertiary/aromatic N) is 2. The van der Waals surface area contributed by atoms with Gasteiger partial charge < -0.3 is 18.9 Å². The van der Waals surface area contributed by atoms with Gasteiger partial charge in [0.15, 0.2) is 23.0 Å². The molecule has 6 nitrogen and oxygen atoms in total. The average molecular weight is 485 g/mol. The maximum atomic E-state index is 5.61. The predicted molar refractivity (Wildman–Crippen MR) is 144 cm³/mol. The van der Waals surface area contributed by atoms with Crippen LogP contribution < -0.4 is 18.9 Å². The van der Waals surface area contributed by atoms with E-state index in [1.807, 2.05) is 42.5 Å². The molecule has 0 aliphatic rings. The van der Waals surface area contributed by atoms with Crippen molar-refractivity contribution in [3.05, 3.63) is 83.9 Å². The molecular formula is C30H32N2O4. The molecule has 0 bridgehead atoms. The van der Waals surface area contributed by atoms with Crippen molar-refractivity contribution in [1.82, 2.24) is 9.78 Å². The molecule has 0 saturated heterocycles. The molecule has 0 radical (unpaired) electrons. The SMILES string of the molecule is C=Cc1ccc(Cn2nc(-c3ccc(OC)c(OC)c3)c(CC)c2-c2ccc(OC)c(OC)c2)cc1. The van der Waals surface area contributed by atoms with E-state index in [4.69, 9.17) is 24.0 Å². The van der Waals surface area contributed by atoms with Crippen molar-refractivity contribution < 1.29 is 18.9 Å². The molecule has 0 fully saturated rings. The predicted octanol–water partition coefficient (Wildman–Crippen LogP) is 6.51. The van der Waals surface area contributed by atoms with Gasteiger partial charge in [0.1, 0.15) is 0 Å². The zero-order valence-electron chi connectivity index (χ0n) is 21.5. The molecule has 4 rings (SSSR count). The van der Waals surface area contributed by atoms with Crippen molar-refractivity contribution >= 4 is 6.08 Å². The van der Waals surface area contributed by atoms with Gasteiger partial charge in [-0.15, -0.1) is 0 Å². The third-order valence-electron chi connectivity index (χ3n) is 6.27. The highest BCUT2D eigenvalue weighted by Crippen LogP contribution is 2.39. The van der Waals surface area contributed by atoms with Crippen LogP contribution in [0.5, 0.6) is 23.0 Å². The third kappa shape index (κ3) is 4.80. The molecular weight excluding hydrogens is 452 g/mol. The lowest BCUT2D eigenvalue weighted by Gasteiger charge is -2.13. The van der Waals surface area contributed by atoms with E-state index < -0.39 is 0 Å². The molecule has 0 aliphatic carbocycles. The Hall–Kier alpha value is -4.19. The fourth-order valence-corrected chi connectivity index (χ4v) is 4.40. The Morgan fingerprint density at radius 1 is 0.750 bits per heavy atom. The monoisotopic (exact) mass is 484 g/mol. The minimum Gasteiger partial charge on any atom is -0.493 e. The highest BCUT2D eigenvalue weighted by molar-refractivity contribution is 5.77. The van der Waals surface area contributed by atoms with Crippen LogP contribution in [0, 0.1) is 0 Å². The summed E-state index contributed by atoms with van der Waals surface area (Å²) in [4.78, 5) is 0. The van der Waals surface area contributed by atoms with Crippen LogP contribution in [0.15, 0.2) is 67.2 Å². The summed E-state index contributed by atoms with van der Waals surface area (Å²) in [6.07, 6.45) is 2.64. The van der Waals surface area contributed by atoms with E-state index in [1.54, 1.807) is 28.4 Å². The van der Waals surface area contributed by atoms with Gasteiger partial charge >= 0.3 is 0 Å². The van der Waals surface area contributed by atoms with Crippen LogP contribution >= 0.6 is 0 Å². The number of hydrogen-bond acceptors (Lipinski definition) is 5. The number of hydrogen-bond donors (Lipinski definition) is 0. The van der Waals surface area contributed by atoms with Crippen molar-refractivity contribution in [2.24, 2.45) is 0 Å². The Morgan fingerprint density at radius 3 is 1.83 bits per heavy atom. The van der Waals surface area contributed by atoms with Gasteiger partial charge in [-0.2, -0.15) is 5.10 Å². The highest BCUT2D eigenvalue weighted by Gasteiger charge is 2.22. The molecule has 0 spiro atoms. The van der Waals surface area contributed by atoms with E-state index >= 15 is 0 Å². The van der Waals surface area contributed by atoms with Gasteiger partial charge in [0.2, 0.25) is 0 Å². The standard InChI is InChI=1S/C30H32N2O4/c1-7-20-9-11-21(12-10-20)19-32-30(23-14-16-26(34-4)28(18-23)36-6)24(8-2)29(31-32)22-13-15-25(33-3)27(17-22)35-5/h7,9-18H,1,8,19H2,2-6H3. The number of ether oxygens (including phenoxy) is 4. The van der Waals surface area contributed by atoms with E-state index in [-0.39, 0.29) is 0 Å². The van der Waals surface area contributed by atoms with E-state index in [0.29, 0.717) is 29.5 Å². The number of benzene rings is 3. The highest BCUT2D eigenvalue weighted by atomic mass is 16.5. The summed E-state index contributed by atoms with van der Waals surface area (Å²) in [6, 6.07) is 20.2. The van der Waals surface area contributed by atoms with Gasteiger partial charge in [0.05, 0.1) is 46.4 Å². The summed E-state index contributed by atoms with van der Waals surface area (Å²) in [7, 11) is 6.57. The Labute approximate surface area is 212 Å². The van der Waals surface area contributed by atoms with Gasteiger partial charge in [-0.05, 0) is 53.9 Å². The Bertz CT molecular complexity index is 1360. The Morgan fingerprint density at radius 2 is 1.31 bits per heavy atom. The Balaban J connectivity index is 1.91. The first-order chi connectivity index (χ1) is 17.6. The second-order valence-electron chi connectivity index (χ2n) is 8.27. The van der Waals surface area contributed by atoms with Gasteiger partial charge in [-0.25, -0.2) is 0 Å². The lowest BCUT2D eigenvalue weighted by atomic mass is 9.99. The lowest BCUT2D eigenvalue weighted by molar-refractivity contribution is 0.355. The molecule has 3 aromatic carbocycles. The molecule has 4 aromatic rings. The van der Waals surface area contributed by atoms with E-state index in [2.05, 4.69) is 42.4 Å². The fraction of sp³-hybridized carbons (Fsp3) is 0.233. The summed E-state index contributed by atoms with van der Waals surface area (Å²) in [5, 5.41) is 5.12. The lowest BCUT2D eigenvalue weighted by Crippen LogP contribution is -2.05. The second kappa shape index (κ2) is 11.0. The van der Waals surface area contributed by atoms with Crippen molar-refractivity contribution in [3.8, 4) is 45.5 Å². The molecule has 1 aromatic heterocycles. The van der Waals surface area contributed by atoms with E-state index in [9.17, 15) is 0 Å². The first-order valence-electron chi connectivity index (χ1n) is 11.8. The zero-order chi connectivity index (χ0) is 25.7. The summed E-state index contributed by atoms with van der Waals surface area (Å²) in [5.74, 6) is 2.71. The smallest absolute Gasteiger partial charge is 0.161 e. The number of methoxy groups -OCH3 is 4. The molecule has 36 heavy (non-hydrogen) atoms. The number of rotatable bonds is 10. The maximum absolute atomic E-state index is 5.61. The maximum Gasteiger partial charge on any atom is 0.161 e. The van der Waals surface area contributed by atoms with Crippen LogP contribution in [0.25, 0.3) is 28.6 Å². The molecule has 1 heterocycles. The van der Waals surface area contributed by atoms with E-state index in [0.717, 1.165) is 45.6 Å². The fourth-order valence-electron chi connectivity index (χ4n) is 4.40. The van der Waals surface area contributed by atoms with E-state index in [1.165, 1.54) is 0 Å². The van der Waals surface area contributed by atoms with Gasteiger partial charge in [0.25, 0.3) is 0 Å². The van der Waals surface area contributed by atoms with Gasteiger partial charge in [0, 0.05) is 16.7 Å². The van der Waals surface area contributed by atoms with Crippen LogP contribution in [0.3, 0.4) is 0 Å². The summed E-state index contributed by atoms with van der Waals surface area (Å²) >= 11 is 0. The van der Waals surface area contributed by atoms with Crippen molar-refractivity contribution in [2.45, 2.75) is 19.9 Å². The van der Waals surface area contributed by atoms with Crippen LogP contribution in [-0.2, 0) is 13.0 Å². The first-order valence-corrected chi connectivity index (χ1v) is 11.8. The van der Waals surface area contributed by atoms with Crippen molar-refractivity contribution in [3.63, 3.8) is 0 Å². The normalized spacial score (nSPS) is 10.7. The first kappa shape index (κ1) is 24.9. The van der Waals surface area contributed by atoms with Crippen LogP contribution in [0.1, 0.15) is 23.6 Å². The molecule has 0 aliphatic heterocycles. The Kier molecular flexibility index (Phi) is 7.64. The molecule has 0 saturated carbocycles. The largest absolute Gasteiger partial charge is 0.493 e. The third-order valence-corrected chi connectivity index (χ3v) is 6.27. The van der Waals surface area contributed by atoms with Gasteiger partial charge in [-0.1, -0.05) is 43.8 Å². The molecule has 0 unspecified atom stereocenters. The van der Waals surface area contributed by atoms with Crippen LogP contribution in [-0.4, -0.2) is 38.2 Å².